The Morgan fingerprint density at radius 2 is 2.04 bits per heavy atom. The summed E-state index contributed by atoms with van der Waals surface area (Å²) in [5.41, 5.74) is 2.50. The SMILES string of the molecule is CCc1c(C(=O)NCc2cc(Br)ccc2OC(F)F)[nH]c(C)c1C(C)=O. The van der Waals surface area contributed by atoms with Crippen LogP contribution >= 0.6 is 15.9 Å². The van der Waals surface area contributed by atoms with Crippen LogP contribution in [0.2, 0.25) is 0 Å². The van der Waals surface area contributed by atoms with E-state index < -0.39 is 12.5 Å². The van der Waals surface area contributed by atoms with E-state index >= 15 is 0 Å². The van der Waals surface area contributed by atoms with Gasteiger partial charge in [0.05, 0.1) is 0 Å². The Morgan fingerprint density at radius 1 is 1.35 bits per heavy atom. The van der Waals surface area contributed by atoms with Crippen LogP contribution in [-0.4, -0.2) is 23.3 Å². The highest BCUT2D eigenvalue weighted by Gasteiger charge is 2.21. The van der Waals surface area contributed by atoms with Gasteiger partial charge < -0.3 is 15.0 Å². The molecule has 0 unspecified atom stereocenters. The molecule has 0 bridgehead atoms. The highest BCUT2D eigenvalue weighted by molar-refractivity contribution is 9.10. The molecular weight excluding hydrogens is 410 g/mol. The third-order valence-electron chi connectivity index (χ3n) is 3.90. The number of H-pyrrole nitrogens is 1. The van der Waals surface area contributed by atoms with Gasteiger partial charge in [0.1, 0.15) is 11.4 Å². The van der Waals surface area contributed by atoms with Crippen molar-refractivity contribution in [1.82, 2.24) is 10.3 Å². The maximum Gasteiger partial charge on any atom is 0.387 e. The summed E-state index contributed by atoms with van der Waals surface area (Å²) in [5.74, 6) is -0.541. The zero-order valence-corrected chi connectivity index (χ0v) is 16.2. The highest BCUT2D eigenvalue weighted by atomic mass is 79.9. The van der Waals surface area contributed by atoms with Crippen molar-refractivity contribution >= 4 is 27.6 Å². The topological polar surface area (TPSA) is 71.2 Å². The van der Waals surface area contributed by atoms with E-state index in [0.717, 1.165) is 0 Å². The number of benzene rings is 1. The Labute approximate surface area is 158 Å². The van der Waals surface area contributed by atoms with E-state index in [1.165, 1.54) is 13.0 Å². The first-order valence-electron chi connectivity index (χ1n) is 7.98. The van der Waals surface area contributed by atoms with E-state index in [2.05, 4.69) is 31.0 Å². The van der Waals surface area contributed by atoms with Gasteiger partial charge in [-0.15, -0.1) is 0 Å². The van der Waals surface area contributed by atoms with Crippen LogP contribution in [0.5, 0.6) is 5.75 Å². The Morgan fingerprint density at radius 3 is 2.62 bits per heavy atom. The van der Waals surface area contributed by atoms with Crippen LogP contribution in [0.1, 0.15) is 51.5 Å². The van der Waals surface area contributed by atoms with Crippen LogP contribution in [0.4, 0.5) is 8.78 Å². The Kier molecular flexibility index (Phi) is 6.52. The van der Waals surface area contributed by atoms with E-state index in [0.29, 0.717) is 39.0 Å². The van der Waals surface area contributed by atoms with Gasteiger partial charge in [-0.25, -0.2) is 0 Å². The lowest BCUT2D eigenvalue weighted by atomic mass is 10.0. The number of amides is 1. The van der Waals surface area contributed by atoms with Crippen LogP contribution in [0.25, 0.3) is 0 Å². The van der Waals surface area contributed by atoms with Crippen LogP contribution in [0, 0.1) is 6.92 Å². The summed E-state index contributed by atoms with van der Waals surface area (Å²) in [6.07, 6.45) is 0.513. The number of aryl methyl sites for hydroxylation is 1. The van der Waals surface area contributed by atoms with Gasteiger partial charge in [-0.1, -0.05) is 22.9 Å². The van der Waals surface area contributed by atoms with Gasteiger partial charge in [-0.2, -0.15) is 8.78 Å². The van der Waals surface area contributed by atoms with Crippen LogP contribution < -0.4 is 10.1 Å². The molecule has 0 saturated carbocycles. The van der Waals surface area contributed by atoms with Crippen molar-refractivity contribution in [3.63, 3.8) is 0 Å². The largest absolute Gasteiger partial charge is 0.434 e. The summed E-state index contributed by atoms with van der Waals surface area (Å²) in [6.45, 7) is 2.08. The molecular formula is C18H19BrF2N2O3. The molecule has 2 aromatic rings. The minimum Gasteiger partial charge on any atom is -0.434 e. The summed E-state index contributed by atoms with van der Waals surface area (Å²) in [7, 11) is 0. The number of ketones is 1. The van der Waals surface area contributed by atoms with Gasteiger partial charge in [-0.3, -0.25) is 9.59 Å². The number of carbonyl (C=O) groups excluding carboxylic acids is 2. The van der Waals surface area contributed by atoms with Gasteiger partial charge in [-0.05, 0) is 44.0 Å². The number of hydrogen-bond donors (Lipinski definition) is 2. The molecule has 2 rings (SSSR count). The minimum atomic E-state index is -2.96. The van der Waals surface area contributed by atoms with Crippen LogP contribution in [0.3, 0.4) is 0 Å². The van der Waals surface area contributed by atoms with E-state index in [-0.39, 0.29) is 18.1 Å². The average Bonchev–Trinajstić information content (AvgIpc) is 2.91. The standard InChI is InChI=1S/C18H19BrF2N2O3/c1-4-13-15(10(3)24)9(2)23-16(13)17(25)22-8-11-7-12(19)5-6-14(11)26-18(20)21/h5-7,18,23H,4,8H2,1-3H3,(H,22,25). The summed E-state index contributed by atoms with van der Waals surface area (Å²) in [6, 6.07) is 4.58. The lowest BCUT2D eigenvalue weighted by molar-refractivity contribution is -0.0504. The van der Waals surface area contributed by atoms with Crippen LogP contribution in [0.15, 0.2) is 22.7 Å². The normalized spacial score (nSPS) is 10.9. The first-order valence-corrected chi connectivity index (χ1v) is 8.77. The number of nitrogens with one attached hydrogen (secondary N) is 2. The Bertz CT molecular complexity index is 834. The van der Waals surface area contributed by atoms with Crippen molar-refractivity contribution in [3.05, 3.63) is 50.8 Å². The van der Waals surface area contributed by atoms with E-state index in [1.807, 2.05) is 6.92 Å². The maximum atomic E-state index is 12.5. The van der Waals surface area contributed by atoms with E-state index in [9.17, 15) is 18.4 Å². The molecule has 0 spiro atoms. The third kappa shape index (κ3) is 4.49. The predicted octanol–water partition coefficient (Wildman–Crippen LogP) is 4.38. The summed E-state index contributed by atoms with van der Waals surface area (Å²) < 4.78 is 30.2. The van der Waals surface area contributed by atoms with Crippen molar-refractivity contribution in [1.29, 1.82) is 0 Å². The predicted molar refractivity (Wildman–Crippen MR) is 96.9 cm³/mol. The van der Waals surface area contributed by atoms with Gasteiger partial charge in [0.15, 0.2) is 5.78 Å². The van der Waals surface area contributed by atoms with Gasteiger partial charge >= 0.3 is 6.61 Å². The second-order valence-corrected chi connectivity index (χ2v) is 6.62. The molecule has 26 heavy (non-hydrogen) atoms. The highest BCUT2D eigenvalue weighted by Crippen LogP contribution is 2.25. The molecule has 1 aromatic carbocycles. The number of halogens is 3. The first-order chi connectivity index (χ1) is 12.2. The van der Waals surface area contributed by atoms with Crippen molar-refractivity contribution in [2.45, 2.75) is 40.3 Å². The molecule has 0 aliphatic carbocycles. The lowest BCUT2D eigenvalue weighted by Gasteiger charge is -2.12. The molecule has 1 aromatic heterocycles. The van der Waals surface area contributed by atoms with Gasteiger partial charge in [0, 0.05) is 27.8 Å². The van der Waals surface area contributed by atoms with E-state index in [4.69, 9.17) is 0 Å². The minimum absolute atomic E-state index is 0.00302. The van der Waals surface area contributed by atoms with Crippen LogP contribution in [-0.2, 0) is 13.0 Å². The third-order valence-corrected chi connectivity index (χ3v) is 4.39. The average molecular weight is 429 g/mol. The molecule has 8 heteroatoms. The molecule has 1 amide bonds. The van der Waals surface area contributed by atoms with Crippen molar-refractivity contribution in [3.8, 4) is 5.75 Å². The molecule has 0 fully saturated rings. The van der Waals surface area contributed by atoms with Gasteiger partial charge in [0.2, 0.25) is 0 Å². The quantitative estimate of drug-likeness (QED) is 0.642. The molecule has 140 valence electrons. The summed E-state index contributed by atoms with van der Waals surface area (Å²) in [4.78, 5) is 27.3. The van der Waals surface area contributed by atoms with E-state index in [1.54, 1.807) is 19.1 Å². The number of rotatable bonds is 7. The molecule has 0 aliphatic rings. The number of alkyl halides is 2. The number of ether oxygens (including phenoxy) is 1. The number of Topliss-reactive ketones (excluding diaryl/α,β-unsaturated/α-hetero) is 1. The molecule has 0 saturated heterocycles. The Hall–Kier alpha value is -2.22. The zero-order chi connectivity index (χ0) is 19.4. The van der Waals surface area contributed by atoms with Crippen molar-refractivity contribution < 1.29 is 23.1 Å². The molecule has 5 nitrogen and oxygen atoms in total. The summed E-state index contributed by atoms with van der Waals surface area (Å²) >= 11 is 3.27. The smallest absolute Gasteiger partial charge is 0.387 e. The maximum absolute atomic E-state index is 12.5. The summed E-state index contributed by atoms with van der Waals surface area (Å²) in [5, 5.41) is 2.68. The van der Waals surface area contributed by atoms with Crippen molar-refractivity contribution in [2.24, 2.45) is 0 Å². The fourth-order valence-electron chi connectivity index (χ4n) is 2.86. The molecule has 0 atom stereocenters. The lowest BCUT2D eigenvalue weighted by Crippen LogP contribution is -2.25. The molecule has 0 aliphatic heterocycles. The monoisotopic (exact) mass is 428 g/mol. The van der Waals surface area contributed by atoms with Crippen molar-refractivity contribution in [2.75, 3.05) is 0 Å². The fourth-order valence-corrected chi connectivity index (χ4v) is 3.27. The zero-order valence-electron chi connectivity index (χ0n) is 14.6. The molecule has 0 radical (unpaired) electrons. The number of hydrogen-bond acceptors (Lipinski definition) is 3. The number of aromatic nitrogens is 1. The number of carbonyl (C=O) groups is 2. The second kappa shape index (κ2) is 8.44. The first kappa shape index (κ1) is 20.1. The molecule has 1 heterocycles. The molecule has 2 N–H and O–H groups in total. The Balaban J connectivity index is 2.24. The van der Waals surface area contributed by atoms with Gasteiger partial charge in [0.25, 0.3) is 5.91 Å². The fraction of sp³-hybridized carbons (Fsp3) is 0.333. The number of aromatic amines is 1. The second-order valence-electron chi connectivity index (χ2n) is 5.70.